The molecule has 0 aromatic heterocycles. The molecule has 1 N–H and O–H groups in total. The molecule has 2 rings (SSSR count). The summed E-state index contributed by atoms with van der Waals surface area (Å²) >= 11 is 0. The Bertz CT molecular complexity index is 637. The Balaban J connectivity index is 2.40. The Labute approximate surface area is 112 Å². The molecule has 19 heavy (non-hydrogen) atoms. The molecular formula is C16H13NO2. The van der Waals surface area contributed by atoms with Crippen LogP contribution in [0.25, 0.3) is 0 Å². The van der Waals surface area contributed by atoms with Crippen molar-refractivity contribution < 1.29 is 9.94 Å². The van der Waals surface area contributed by atoms with Crippen molar-refractivity contribution in [2.24, 2.45) is 5.16 Å². The van der Waals surface area contributed by atoms with Crippen molar-refractivity contribution in [3.05, 3.63) is 65.2 Å². The maximum absolute atomic E-state index is 8.65. The van der Waals surface area contributed by atoms with E-state index in [-0.39, 0.29) is 0 Å². The molecule has 0 amide bonds. The second-order valence-corrected chi connectivity index (χ2v) is 3.81. The zero-order valence-corrected chi connectivity index (χ0v) is 10.5. The van der Waals surface area contributed by atoms with Gasteiger partial charge in [0.2, 0.25) is 0 Å². The SMILES string of the molecule is COc1ccc(/C=N/O)c(C#Cc2ccccc2)c1. The molecule has 0 spiro atoms. The number of rotatable bonds is 2. The van der Waals surface area contributed by atoms with E-state index >= 15 is 0 Å². The van der Waals surface area contributed by atoms with Gasteiger partial charge < -0.3 is 9.94 Å². The molecule has 0 aliphatic rings. The Hall–Kier alpha value is -2.73. The van der Waals surface area contributed by atoms with Gasteiger partial charge in [0.05, 0.1) is 13.3 Å². The summed E-state index contributed by atoms with van der Waals surface area (Å²) in [6.07, 6.45) is 1.36. The van der Waals surface area contributed by atoms with Crippen LogP contribution in [-0.4, -0.2) is 18.5 Å². The summed E-state index contributed by atoms with van der Waals surface area (Å²) in [6, 6.07) is 15.1. The average molecular weight is 251 g/mol. The number of hydrogen-bond acceptors (Lipinski definition) is 3. The Morgan fingerprint density at radius 1 is 1.11 bits per heavy atom. The highest BCUT2D eigenvalue weighted by atomic mass is 16.5. The smallest absolute Gasteiger partial charge is 0.120 e. The number of nitrogens with zero attached hydrogens (tertiary/aromatic N) is 1. The van der Waals surface area contributed by atoms with Crippen molar-refractivity contribution >= 4 is 6.21 Å². The van der Waals surface area contributed by atoms with E-state index in [2.05, 4.69) is 17.0 Å². The molecule has 94 valence electrons. The van der Waals surface area contributed by atoms with E-state index < -0.39 is 0 Å². The molecule has 3 nitrogen and oxygen atoms in total. The van der Waals surface area contributed by atoms with Crippen LogP contribution in [-0.2, 0) is 0 Å². The fourth-order valence-electron chi connectivity index (χ4n) is 1.61. The predicted octanol–water partition coefficient (Wildman–Crippen LogP) is 2.90. The Kier molecular flexibility index (Phi) is 4.20. The standard InChI is InChI=1S/C16H13NO2/c1-19-16-10-9-15(12-17-18)14(11-16)8-7-13-5-3-2-4-6-13/h2-6,9-12,18H,1H3/b17-12+. The van der Waals surface area contributed by atoms with Gasteiger partial charge in [0.25, 0.3) is 0 Å². The van der Waals surface area contributed by atoms with E-state index in [1.807, 2.05) is 36.4 Å². The van der Waals surface area contributed by atoms with Gasteiger partial charge in [-0.2, -0.15) is 0 Å². The van der Waals surface area contributed by atoms with E-state index in [0.29, 0.717) is 5.75 Å². The maximum Gasteiger partial charge on any atom is 0.120 e. The lowest BCUT2D eigenvalue weighted by atomic mass is 10.1. The second-order valence-electron chi connectivity index (χ2n) is 3.81. The molecule has 0 saturated heterocycles. The van der Waals surface area contributed by atoms with Gasteiger partial charge in [-0.05, 0) is 30.3 Å². The van der Waals surface area contributed by atoms with Gasteiger partial charge in [-0.15, -0.1) is 0 Å². The molecule has 2 aromatic carbocycles. The van der Waals surface area contributed by atoms with Crippen LogP contribution in [0.2, 0.25) is 0 Å². The topological polar surface area (TPSA) is 41.8 Å². The lowest BCUT2D eigenvalue weighted by molar-refractivity contribution is 0.322. The molecule has 0 radical (unpaired) electrons. The van der Waals surface area contributed by atoms with Crippen LogP contribution in [0.5, 0.6) is 5.75 Å². The van der Waals surface area contributed by atoms with Crippen molar-refractivity contribution in [3.63, 3.8) is 0 Å². The minimum atomic E-state index is 0.715. The predicted molar refractivity (Wildman–Crippen MR) is 74.8 cm³/mol. The van der Waals surface area contributed by atoms with Gasteiger partial charge in [0.1, 0.15) is 5.75 Å². The molecule has 3 heteroatoms. The van der Waals surface area contributed by atoms with Crippen LogP contribution >= 0.6 is 0 Å². The largest absolute Gasteiger partial charge is 0.497 e. The fourth-order valence-corrected chi connectivity index (χ4v) is 1.61. The molecule has 0 unspecified atom stereocenters. The van der Waals surface area contributed by atoms with Crippen molar-refractivity contribution in [3.8, 4) is 17.6 Å². The zero-order valence-electron chi connectivity index (χ0n) is 10.5. The molecule has 2 aromatic rings. The van der Waals surface area contributed by atoms with Gasteiger partial charge in [0.15, 0.2) is 0 Å². The third-order valence-electron chi connectivity index (χ3n) is 2.57. The van der Waals surface area contributed by atoms with Crippen molar-refractivity contribution in [2.75, 3.05) is 7.11 Å². The van der Waals surface area contributed by atoms with Gasteiger partial charge in [-0.25, -0.2) is 0 Å². The lowest BCUT2D eigenvalue weighted by Gasteiger charge is -2.02. The molecule has 0 saturated carbocycles. The molecule has 0 fully saturated rings. The third-order valence-corrected chi connectivity index (χ3v) is 2.57. The van der Waals surface area contributed by atoms with Gasteiger partial charge in [0, 0.05) is 16.7 Å². The van der Waals surface area contributed by atoms with Crippen LogP contribution in [0.1, 0.15) is 16.7 Å². The highest BCUT2D eigenvalue weighted by molar-refractivity contribution is 5.83. The minimum Gasteiger partial charge on any atom is -0.497 e. The summed E-state index contributed by atoms with van der Waals surface area (Å²) in [7, 11) is 1.60. The maximum atomic E-state index is 8.65. The zero-order chi connectivity index (χ0) is 13.5. The van der Waals surface area contributed by atoms with Crippen molar-refractivity contribution in [1.82, 2.24) is 0 Å². The summed E-state index contributed by atoms with van der Waals surface area (Å²) in [6.45, 7) is 0. The van der Waals surface area contributed by atoms with E-state index in [1.165, 1.54) is 6.21 Å². The normalized spacial score (nSPS) is 9.95. The molecule has 0 bridgehead atoms. The first-order valence-corrected chi connectivity index (χ1v) is 5.76. The molecule has 0 heterocycles. The number of methoxy groups -OCH3 is 1. The molecule has 0 aliphatic heterocycles. The summed E-state index contributed by atoms with van der Waals surface area (Å²) in [4.78, 5) is 0. The van der Waals surface area contributed by atoms with E-state index in [1.54, 1.807) is 19.2 Å². The molecule has 0 atom stereocenters. The van der Waals surface area contributed by atoms with E-state index in [9.17, 15) is 0 Å². The van der Waals surface area contributed by atoms with Crippen LogP contribution in [0, 0.1) is 11.8 Å². The van der Waals surface area contributed by atoms with Gasteiger partial charge >= 0.3 is 0 Å². The summed E-state index contributed by atoms with van der Waals surface area (Å²) in [5, 5.41) is 11.7. The first-order valence-electron chi connectivity index (χ1n) is 5.76. The van der Waals surface area contributed by atoms with E-state index in [0.717, 1.165) is 16.7 Å². The summed E-state index contributed by atoms with van der Waals surface area (Å²) in [5.41, 5.74) is 2.42. The van der Waals surface area contributed by atoms with Crippen molar-refractivity contribution in [1.29, 1.82) is 0 Å². The molecular weight excluding hydrogens is 238 g/mol. The van der Waals surface area contributed by atoms with Crippen LogP contribution in [0.3, 0.4) is 0 Å². The number of benzene rings is 2. The summed E-state index contributed by atoms with van der Waals surface area (Å²) in [5.74, 6) is 6.83. The summed E-state index contributed by atoms with van der Waals surface area (Å²) < 4.78 is 5.17. The van der Waals surface area contributed by atoms with E-state index in [4.69, 9.17) is 9.94 Å². The van der Waals surface area contributed by atoms with Crippen LogP contribution in [0.15, 0.2) is 53.7 Å². The van der Waals surface area contributed by atoms with Crippen molar-refractivity contribution in [2.45, 2.75) is 0 Å². The lowest BCUT2D eigenvalue weighted by Crippen LogP contribution is -1.91. The Morgan fingerprint density at radius 3 is 2.58 bits per heavy atom. The quantitative estimate of drug-likeness (QED) is 0.386. The number of oxime groups is 1. The monoisotopic (exact) mass is 251 g/mol. The minimum absolute atomic E-state index is 0.715. The molecule has 0 aliphatic carbocycles. The number of hydrogen-bond donors (Lipinski definition) is 1. The fraction of sp³-hybridized carbons (Fsp3) is 0.0625. The number of ether oxygens (including phenoxy) is 1. The average Bonchev–Trinajstić information content (AvgIpc) is 2.47. The van der Waals surface area contributed by atoms with Gasteiger partial charge in [-0.3, -0.25) is 0 Å². The van der Waals surface area contributed by atoms with Crippen LogP contribution < -0.4 is 4.74 Å². The Morgan fingerprint density at radius 2 is 1.89 bits per heavy atom. The highest BCUT2D eigenvalue weighted by Gasteiger charge is 2.00. The highest BCUT2D eigenvalue weighted by Crippen LogP contribution is 2.16. The van der Waals surface area contributed by atoms with Crippen LogP contribution in [0.4, 0.5) is 0 Å². The van der Waals surface area contributed by atoms with Gasteiger partial charge in [-0.1, -0.05) is 35.2 Å². The first-order chi connectivity index (χ1) is 9.33. The first kappa shape index (κ1) is 12.7. The third kappa shape index (κ3) is 3.36. The second kappa shape index (κ2) is 6.27.